The minimum atomic E-state index is -0.467. The minimum absolute atomic E-state index is 0.0374. The Bertz CT molecular complexity index is 1410. The maximum atomic E-state index is 12.7. The monoisotopic (exact) mass is 543 g/mol. The lowest BCUT2D eigenvalue weighted by Gasteiger charge is -2.12. The van der Waals surface area contributed by atoms with E-state index in [0.29, 0.717) is 27.4 Å². The normalized spacial score (nSPS) is 10.8. The van der Waals surface area contributed by atoms with Gasteiger partial charge in [-0.25, -0.2) is 0 Å². The van der Waals surface area contributed by atoms with Crippen molar-refractivity contribution in [3.05, 3.63) is 104 Å². The van der Waals surface area contributed by atoms with Crippen LogP contribution in [-0.2, 0) is 12.3 Å². The summed E-state index contributed by atoms with van der Waals surface area (Å²) in [5.74, 6) is 1.36. The molecule has 0 saturated carbocycles. The molecule has 0 radical (unpaired) electrons. The van der Waals surface area contributed by atoms with Gasteiger partial charge in [0.25, 0.3) is 11.6 Å². The predicted octanol–water partition coefficient (Wildman–Crippen LogP) is 5.71. The lowest BCUT2D eigenvalue weighted by Crippen LogP contribution is -2.25. The zero-order chi connectivity index (χ0) is 25.7. The number of methoxy groups -OCH3 is 1. The average molecular weight is 544 g/mol. The second-order valence-corrected chi connectivity index (χ2v) is 9.24. The maximum Gasteiger partial charge on any atom is 0.269 e. The third kappa shape index (κ3) is 5.96. The van der Waals surface area contributed by atoms with Crippen molar-refractivity contribution in [2.24, 2.45) is 0 Å². The molecular weight excluding hydrogens is 525 g/mol. The Balaban J connectivity index is 1.60. The summed E-state index contributed by atoms with van der Waals surface area (Å²) < 4.78 is 7.03. The summed E-state index contributed by atoms with van der Waals surface area (Å²) in [5, 5.41) is 23.7. The second-order valence-electron chi connectivity index (χ2n) is 7.45. The van der Waals surface area contributed by atoms with Crippen molar-refractivity contribution < 1.29 is 14.5 Å². The van der Waals surface area contributed by atoms with Crippen molar-refractivity contribution in [1.82, 2.24) is 20.1 Å². The molecule has 3 aromatic carbocycles. The fourth-order valence-corrected chi connectivity index (χ4v) is 4.74. The summed E-state index contributed by atoms with van der Waals surface area (Å²) in [6, 6.07) is 18.3. The van der Waals surface area contributed by atoms with E-state index in [9.17, 15) is 14.9 Å². The van der Waals surface area contributed by atoms with Gasteiger partial charge in [-0.2, -0.15) is 0 Å². The van der Waals surface area contributed by atoms with Crippen LogP contribution >= 0.6 is 35.0 Å². The molecule has 4 aromatic rings. The number of non-ortho nitro benzene ring substituents is 1. The van der Waals surface area contributed by atoms with E-state index in [0.717, 1.165) is 11.3 Å². The molecule has 0 saturated heterocycles. The molecule has 36 heavy (non-hydrogen) atoms. The Hall–Kier alpha value is -3.60. The number of halogens is 2. The Morgan fingerprint density at radius 3 is 2.58 bits per heavy atom. The van der Waals surface area contributed by atoms with Crippen LogP contribution in [0.25, 0.3) is 5.69 Å². The number of ether oxygens (including phenoxy) is 1. The number of aromatic nitrogens is 3. The van der Waals surface area contributed by atoms with Crippen LogP contribution in [0.1, 0.15) is 21.7 Å². The molecule has 0 aliphatic heterocycles. The third-order valence-electron chi connectivity index (χ3n) is 5.10. The van der Waals surface area contributed by atoms with Crippen molar-refractivity contribution in [2.45, 2.75) is 17.5 Å². The molecular formula is C24H19Cl2N5O4S. The van der Waals surface area contributed by atoms with Crippen LogP contribution in [0.15, 0.2) is 71.9 Å². The van der Waals surface area contributed by atoms with Crippen molar-refractivity contribution in [1.29, 1.82) is 0 Å². The van der Waals surface area contributed by atoms with Crippen LogP contribution in [0.4, 0.5) is 5.69 Å². The molecule has 0 atom stereocenters. The Morgan fingerprint density at radius 2 is 1.89 bits per heavy atom. The largest absolute Gasteiger partial charge is 0.497 e. The standard InChI is InChI=1S/C24H19Cl2N5O4S/c1-35-19-4-2-3-15(11-19)14-36-24-29-28-22(30(24)17-6-8-18(9-7-17)31(33)34)13-27-23(32)20-10-5-16(25)12-21(20)26/h2-12H,13-14H2,1H3,(H,27,32). The van der Waals surface area contributed by atoms with Gasteiger partial charge in [0.2, 0.25) is 0 Å². The summed E-state index contributed by atoms with van der Waals surface area (Å²) >= 11 is 13.5. The Labute approximate surface area is 220 Å². The highest BCUT2D eigenvalue weighted by Gasteiger charge is 2.18. The van der Waals surface area contributed by atoms with Crippen LogP contribution in [0, 0.1) is 10.1 Å². The summed E-state index contributed by atoms with van der Waals surface area (Å²) in [7, 11) is 1.61. The number of hydrogen-bond acceptors (Lipinski definition) is 7. The number of carbonyl (C=O) groups is 1. The van der Waals surface area contributed by atoms with E-state index in [1.54, 1.807) is 29.9 Å². The molecule has 0 fully saturated rings. The molecule has 184 valence electrons. The first-order valence-corrected chi connectivity index (χ1v) is 12.3. The van der Waals surface area contributed by atoms with Gasteiger partial charge < -0.3 is 10.1 Å². The van der Waals surface area contributed by atoms with E-state index in [4.69, 9.17) is 27.9 Å². The van der Waals surface area contributed by atoms with E-state index in [1.807, 2.05) is 24.3 Å². The lowest BCUT2D eigenvalue weighted by molar-refractivity contribution is -0.384. The second kappa shape index (κ2) is 11.4. The number of nitro benzene ring substituents is 1. The van der Waals surface area contributed by atoms with Gasteiger partial charge in [-0.05, 0) is 48.0 Å². The number of rotatable bonds is 9. The molecule has 4 rings (SSSR count). The number of benzene rings is 3. The zero-order valence-electron chi connectivity index (χ0n) is 18.9. The van der Waals surface area contributed by atoms with Gasteiger partial charge in [0, 0.05) is 28.6 Å². The minimum Gasteiger partial charge on any atom is -0.497 e. The summed E-state index contributed by atoms with van der Waals surface area (Å²) in [6.07, 6.45) is 0. The SMILES string of the molecule is COc1cccc(CSc2nnc(CNC(=O)c3ccc(Cl)cc3Cl)n2-c2ccc([N+](=O)[O-])cc2)c1. The lowest BCUT2D eigenvalue weighted by atomic mass is 10.2. The van der Waals surface area contributed by atoms with Crippen molar-refractivity contribution in [3.63, 3.8) is 0 Å². The molecule has 12 heteroatoms. The Morgan fingerprint density at radius 1 is 1.11 bits per heavy atom. The summed E-state index contributed by atoms with van der Waals surface area (Å²) in [4.78, 5) is 23.3. The number of thioether (sulfide) groups is 1. The molecule has 1 N–H and O–H groups in total. The predicted molar refractivity (Wildman–Crippen MR) is 138 cm³/mol. The van der Waals surface area contributed by atoms with E-state index >= 15 is 0 Å². The highest BCUT2D eigenvalue weighted by molar-refractivity contribution is 7.98. The fraction of sp³-hybridized carbons (Fsp3) is 0.125. The number of amides is 1. The van der Waals surface area contributed by atoms with Gasteiger partial charge in [0.15, 0.2) is 11.0 Å². The number of hydrogen-bond donors (Lipinski definition) is 1. The first-order chi connectivity index (χ1) is 17.4. The van der Waals surface area contributed by atoms with E-state index in [2.05, 4.69) is 15.5 Å². The van der Waals surface area contributed by atoms with Crippen LogP contribution < -0.4 is 10.1 Å². The smallest absolute Gasteiger partial charge is 0.269 e. The molecule has 9 nitrogen and oxygen atoms in total. The van der Waals surface area contributed by atoms with E-state index in [-0.39, 0.29) is 22.8 Å². The molecule has 1 amide bonds. The number of nitro groups is 1. The molecule has 0 aliphatic rings. The Kier molecular flexibility index (Phi) is 8.09. The summed E-state index contributed by atoms with van der Waals surface area (Å²) in [5.41, 5.74) is 1.87. The molecule has 1 aromatic heterocycles. The van der Waals surface area contributed by atoms with Crippen molar-refractivity contribution in [2.75, 3.05) is 7.11 Å². The van der Waals surface area contributed by atoms with Crippen LogP contribution in [0.2, 0.25) is 10.0 Å². The van der Waals surface area contributed by atoms with Gasteiger partial charge in [0.1, 0.15) is 5.75 Å². The first kappa shape index (κ1) is 25.5. The average Bonchev–Trinajstić information content (AvgIpc) is 3.29. The molecule has 0 bridgehead atoms. The highest BCUT2D eigenvalue weighted by Crippen LogP contribution is 2.28. The third-order valence-corrected chi connectivity index (χ3v) is 6.65. The number of carbonyl (C=O) groups excluding carboxylic acids is 1. The summed E-state index contributed by atoms with van der Waals surface area (Å²) in [6.45, 7) is 0.0432. The van der Waals surface area contributed by atoms with Crippen molar-refractivity contribution in [3.8, 4) is 11.4 Å². The number of nitrogens with one attached hydrogen (secondary N) is 1. The van der Waals surface area contributed by atoms with E-state index < -0.39 is 10.8 Å². The molecule has 1 heterocycles. The fourth-order valence-electron chi connectivity index (χ4n) is 3.33. The topological polar surface area (TPSA) is 112 Å². The molecule has 0 unspecified atom stereocenters. The van der Waals surface area contributed by atoms with Crippen molar-refractivity contribution >= 4 is 46.6 Å². The van der Waals surface area contributed by atoms with Crippen LogP contribution in [0.5, 0.6) is 5.75 Å². The molecule has 0 spiro atoms. The maximum absolute atomic E-state index is 12.7. The van der Waals surface area contributed by atoms with Gasteiger partial charge in [-0.15, -0.1) is 10.2 Å². The van der Waals surface area contributed by atoms with Gasteiger partial charge >= 0.3 is 0 Å². The van der Waals surface area contributed by atoms with E-state index in [1.165, 1.54) is 36.0 Å². The zero-order valence-corrected chi connectivity index (χ0v) is 21.2. The van der Waals surface area contributed by atoms with Gasteiger partial charge in [-0.1, -0.05) is 47.1 Å². The van der Waals surface area contributed by atoms with Crippen LogP contribution in [-0.4, -0.2) is 32.7 Å². The van der Waals surface area contributed by atoms with Gasteiger partial charge in [0.05, 0.1) is 29.2 Å². The quantitative estimate of drug-likeness (QED) is 0.163. The first-order valence-electron chi connectivity index (χ1n) is 10.5. The highest BCUT2D eigenvalue weighted by atomic mass is 35.5. The van der Waals surface area contributed by atoms with Gasteiger partial charge in [-0.3, -0.25) is 19.5 Å². The number of nitrogens with zero attached hydrogens (tertiary/aromatic N) is 4. The van der Waals surface area contributed by atoms with Crippen LogP contribution in [0.3, 0.4) is 0 Å². The molecule has 0 aliphatic carbocycles.